The molecule has 0 spiro atoms. The van der Waals surface area contributed by atoms with Crippen LogP contribution in [0.3, 0.4) is 0 Å². The van der Waals surface area contributed by atoms with Crippen molar-refractivity contribution in [1.82, 2.24) is 5.48 Å². The zero-order chi connectivity index (χ0) is 12.6. The number of carbonyl (C=O) groups is 1. The maximum Gasteiger partial charge on any atom is 0.329 e. The number of hydrogen-bond donors (Lipinski definition) is 1. The van der Waals surface area contributed by atoms with Crippen molar-refractivity contribution in [2.75, 3.05) is 0 Å². The van der Waals surface area contributed by atoms with Crippen molar-refractivity contribution >= 4 is 5.97 Å². The van der Waals surface area contributed by atoms with Gasteiger partial charge in [0.15, 0.2) is 0 Å². The average molecular weight is 241 g/mol. The minimum atomic E-state index is -0.280. The quantitative estimate of drug-likeness (QED) is 0.817. The van der Waals surface area contributed by atoms with Gasteiger partial charge in [0.05, 0.1) is 13.0 Å². The number of nitrogens with one attached hydrogen (secondary N) is 1. The van der Waals surface area contributed by atoms with Crippen LogP contribution in [0.15, 0.2) is 60.7 Å². The van der Waals surface area contributed by atoms with E-state index < -0.39 is 0 Å². The highest BCUT2D eigenvalue weighted by molar-refractivity contribution is 5.72. The van der Waals surface area contributed by atoms with Crippen LogP contribution in [0.2, 0.25) is 0 Å². The fourth-order valence-corrected chi connectivity index (χ4v) is 1.59. The lowest BCUT2D eigenvalue weighted by Gasteiger charge is -2.05. The van der Waals surface area contributed by atoms with Gasteiger partial charge in [-0.2, -0.15) is 0 Å². The van der Waals surface area contributed by atoms with Crippen LogP contribution in [0.5, 0.6) is 0 Å². The van der Waals surface area contributed by atoms with Crippen molar-refractivity contribution < 1.29 is 9.63 Å². The highest BCUT2D eigenvalue weighted by Gasteiger charge is 2.04. The smallest absolute Gasteiger partial charge is 0.329 e. The summed E-state index contributed by atoms with van der Waals surface area (Å²) in [6, 6.07) is 19.3. The van der Waals surface area contributed by atoms with E-state index in [2.05, 4.69) is 5.48 Å². The van der Waals surface area contributed by atoms with Gasteiger partial charge in [0, 0.05) is 0 Å². The van der Waals surface area contributed by atoms with Gasteiger partial charge in [0.25, 0.3) is 0 Å². The number of hydrogen-bond acceptors (Lipinski definition) is 3. The van der Waals surface area contributed by atoms with Gasteiger partial charge >= 0.3 is 5.97 Å². The lowest BCUT2D eigenvalue weighted by atomic mass is 10.2. The predicted molar refractivity (Wildman–Crippen MR) is 69.5 cm³/mol. The van der Waals surface area contributed by atoms with Crippen LogP contribution >= 0.6 is 0 Å². The van der Waals surface area contributed by atoms with Crippen molar-refractivity contribution in [3.05, 3.63) is 71.8 Å². The molecular formula is C15H15NO2. The van der Waals surface area contributed by atoms with Gasteiger partial charge in [-0.25, -0.2) is 0 Å². The molecule has 0 atom stereocenters. The third-order valence-electron chi connectivity index (χ3n) is 2.50. The van der Waals surface area contributed by atoms with E-state index in [1.54, 1.807) is 0 Å². The Kier molecular flexibility index (Phi) is 4.50. The molecule has 0 aliphatic rings. The molecule has 0 saturated carbocycles. The summed E-state index contributed by atoms with van der Waals surface area (Å²) in [4.78, 5) is 16.5. The van der Waals surface area contributed by atoms with Crippen molar-refractivity contribution in [2.45, 2.75) is 13.0 Å². The third-order valence-corrected chi connectivity index (χ3v) is 2.50. The Labute approximate surface area is 106 Å². The Bertz CT molecular complexity index is 482. The molecule has 2 aromatic rings. The van der Waals surface area contributed by atoms with E-state index >= 15 is 0 Å². The summed E-state index contributed by atoms with van der Waals surface area (Å²) in [5.41, 5.74) is 4.69. The molecule has 3 heteroatoms. The molecule has 0 aliphatic heterocycles. The minimum Gasteiger partial charge on any atom is -0.370 e. The molecule has 0 fully saturated rings. The van der Waals surface area contributed by atoms with Gasteiger partial charge in [-0.1, -0.05) is 60.7 Å². The van der Waals surface area contributed by atoms with Gasteiger partial charge in [0.2, 0.25) is 0 Å². The zero-order valence-corrected chi connectivity index (χ0v) is 10.0. The molecule has 0 heterocycles. The first-order chi connectivity index (χ1) is 8.84. The van der Waals surface area contributed by atoms with E-state index in [1.807, 2.05) is 60.7 Å². The molecule has 0 aromatic heterocycles. The highest BCUT2D eigenvalue weighted by Crippen LogP contribution is 2.01. The Morgan fingerprint density at radius 3 is 2.06 bits per heavy atom. The normalized spacial score (nSPS) is 10.0. The molecule has 92 valence electrons. The molecule has 0 bridgehead atoms. The van der Waals surface area contributed by atoms with Gasteiger partial charge in [-0.05, 0) is 11.1 Å². The molecule has 0 aliphatic carbocycles. The summed E-state index contributed by atoms with van der Waals surface area (Å²) in [6.45, 7) is 0.515. The Hall–Kier alpha value is -2.13. The number of rotatable bonds is 5. The Balaban J connectivity index is 1.73. The largest absolute Gasteiger partial charge is 0.370 e. The standard InChI is InChI=1S/C15H15NO2/c17-15(11-13-7-3-1-4-8-13)18-16-12-14-9-5-2-6-10-14/h1-10,16H,11-12H2. The average Bonchev–Trinajstić information content (AvgIpc) is 2.41. The summed E-state index contributed by atoms with van der Waals surface area (Å²) in [7, 11) is 0. The molecule has 0 amide bonds. The molecular weight excluding hydrogens is 226 g/mol. The fraction of sp³-hybridized carbons (Fsp3) is 0.133. The first-order valence-corrected chi connectivity index (χ1v) is 5.85. The van der Waals surface area contributed by atoms with Crippen LogP contribution in [0.4, 0.5) is 0 Å². The van der Waals surface area contributed by atoms with Crippen LogP contribution in [0.1, 0.15) is 11.1 Å². The number of carbonyl (C=O) groups excluding carboxylic acids is 1. The molecule has 3 nitrogen and oxygen atoms in total. The van der Waals surface area contributed by atoms with E-state index in [0.717, 1.165) is 11.1 Å². The van der Waals surface area contributed by atoms with Crippen molar-refractivity contribution in [3.63, 3.8) is 0 Å². The maximum atomic E-state index is 11.5. The van der Waals surface area contributed by atoms with Crippen molar-refractivity contribution in [1.29, 1.82) is 0 Å². The second-order valence-corrected chi connectivity index (χ2v) is 3.94. The monoisotopic (exact) mass is 241 g/mol. The molecule has 0 saturated heterocycles. The van der Waals surface area contributed by atoms with E-state index in [0.29, 0.717) is 6.54 Å². The molecule has 18 heavy (non-hydrogen) atoms. The van der Waals surface area contributed by atoms with Gasteiger partial charge in [-0.15, -0.1) is 5.48 Å². The van der Waals surface area contributed by atoms with Crippen LogP contribution in [-0.4, -0.2) is 5.97 Å². The lowest BCUT2D eigenvalue weighted by molar-refractivity contribution is -0.150. The second-order valence-electron chi connectivity index (χ2n) is 3.94. The first-order valence-electron chi connectivity index (χ1n) is 5.85. The summed E-state index contributed by atoms with van der Waals surface area (Å²) in [6.07, 6.45) is 0.280. The summed E-state index contributed by atoms with van der Waals surface area (Å²) >= 11 is 0. The van der Waals surface area contributed by atoms with Gasteiger partial charge < -0.3 is 4.84 Å². The molecule has 0 radical (unpaired) electrons. The van der Waals surface area contributed by atoms with Gasteiger partial charge in [0.1, 0.15) is 0 Å². The van der Waals surface area contributed by atoms with Crippen LogP contribution in [-0.2, 0) is 22.6 Å². The van der Waals surface area contributed by atoms with Crippen LogP contribution in [0, 0.1) is 0 Å². The van der Waals surface area contributed by atoms with Gasteiger partial charge in [-0.3, -0.25) is 4.79 Å². The summed E-state index contributed by atoms with van der Waals surface area (Å²) < 4.78 is 0. The molecule has 0 unspecified atom stereocenters. The second kappa shape index (κ2) is 6.57. The van der Waals surface area contributed by atoms with E-state index in [4.69, 9.17) is 4.84 Å². The fourth-order valence-electron chi connectivity index (χ4n) is 1.59. The Morgan fingerprint density at radius 2 is 1.44 bits per heavy atom. The minimum absolute atomic E-state index is 0.280. The topological polar surface area (TPSA) is 38.3 Å². The zero-order valence-electron chi connectivity index (χ0n) is 10.0. The van der Waals surface area contributed by atoms with E-state index in [1.165, 1.54) is 0 Å². The number of hydroxylamine groups is 1. The number of benzene rings is 2. The lowest BCUT2D eigenvalue weighted by Crippen LogP contribution is -2.20. The van der Waals surface area contributed by atoms with Crippen LogP contribution in [0.25, 0.3) is 0 Å². The highest BCUT2D eigenvalue weighted by atomic mass is 16.7. The van der Waals surface area contributed by atoms with E-state index in [9.17, 15) is 4.79 Å². The van der Waals surface area contributed by atoms with Crippen LogP contribution < -0.4 is 5.48 Å². The Morgan fingerprint density at radius 1 is 0.889 bits per heavy atom. The summed E-state index contributed by atoms with van der Waals surface area (Å²) in [5.74, 6) is -0.280. The maximum absolute atomic E-state index is 11.5. The van der Waals surface area contributed by atoms with Crippen molar-refractivity contribution in [3.8, 4) is 0 Å². The van der Waals surface area contributed by atoms with Crippen molar-refractivity contribution in [2.24, 2.45) is 0 Å². The SMILES string of the molecule is O=C(Cc1ccccc1)ONCc1ccccc1. The first kappa shape index (κ1) is 12.3. The molecule has 1 N–H and O–H groups in total. The third kappa shape index (κ3) is 4.03. The predicted octanol–water partition coefficient (Wildman–Crippen LogP) is 2.48. The molecule has 2 aromatic carbocycles. The molecule has 2 rings (SSSR count). The summed E-state index contributed by atoms with van der Waals surface area (Å²) in [5, 5.41) is 0. The van der Waals surface area contributed by atoms with E-state index in [-0.39, 0.29) is 12.4 Å².